The van der Waals surface area contributed by atoms with E-state index in [9.17, 15) is 9.90 Å². The van der Waals surface area contributed by atoms with Crippen molar-refractivity contribution in [2.75, 3.05) is 0 Å². The number of hydrogen-bond donors (Lipinski definition) is 2. The highest BCUT2D eigenvalue weighted by Crippen LogP contribution is 2.65. The van der Waals surface area contributed by atoms with Gasteiger partial charge in [-0.3, -0.25) is 4.79 Å². The monoisotopic (exact) mass is 422 g/mol. The van der Waals surface area contributed by atoms with Crippen LogP contribution in [0.15, 0.2) is 29.4 Å². The number of nitrogens with zero attached hydrogens (tertiary/aromatic N) is 1. The van der Waals surface area contributed by atoms with Crippen LogP contribution in [0.4, 0.5) is 0 Å². The lowest BCUT2D eigenvalue weighted by Gasteiger charge is -2.60. The van der Waals surface area contributed by atoms with Crippen LogP contribution in [0.1, 0.15) is 87.6 Å². The second-order valence-electron chi connectivity index (χ2n) is 11.4. The van der Waals surface area contributed by atoms with Gasteiger partial charge in [0.25, 0.3) is 5.91 Å². The van der Waals surface area contributed by atoms with Gasteiger partial charge in [-0.15, -0.1) is 0 Å². The van der Waals surface area contributed by atoms with Crippen molar-refractivity contribution in [3.05, 3.63) is 35.4 Å². The Balaban J connectivity index is 1.32. The van der Waals surface area contributed by atoms with Crippen LogP contribution in [-0.2, 0) is 0 Å². The van der Waals surface area contributed by atoms with Gasteiger partial charge in [-0.2, -0.15) is 5.10 Å². The van der Waals surface area contributed by atoms with Crippen molar-refractivity contribution in [2.24, 2.45) is 39.6 Å². The third-order valence-electron chi connectivity index (χ3n) is 9.99. The number of aliphatic hydroxyl groups excluding tert-OH is 1. The van der Waals surface area contributed by atoms with E-state index in [1.165, 1.54) is 44.2 Å². The summed E-state index contributed by atoms with van der Waals surface area (Å²) in [6, 6.07) is 7.68. The summed E-state index contributed by atoms with van der Waals surface area (Å²) in [6.45, 7) is 6.98. The summed E-state index contributed by atoms with van der Waals surface area (Å²) in [7, 11) is 0. The molecule has 7 atom stereocenters. The van der Waals surface area contributed by atoms with Gasteiger partial charge in [-0.05, 0) is 106 Å². The number of hydrazone groups is 1. The zero-order valence-corrected chi connectivity index (χ0v) is 19.4. The molecular weight excluding hydrogens is 384 g/mol. The minimum absolute atomic E-state index is 0.0779. The van der Waals surface area contributed by atoms with Crippen LogP contribution in [0, 0.1) is 41.4 Å². The van der Waals surface area contributed by atoms with Gasteiger partial charge >= 0.3 is 0 Å². The van der Waals surface area contributed by atoms with E-state index in [1.54, 1.807) is 0 Å². The van der Waals surface area contributed by atoms with E-state index >= 15 is 0 Å². The first-order chi connectivity index (χ1) is 14.8. The van der Waals surface area contributed by atoms with Gasteiger partial charge in [0.05, 0.1) is 6.10 Å². The van der Waals surface area contributed by atoms with Crippen molar-refractivity contribution in [1.82, 2.24) is 5.43 Å². The number of nitrogens with one attached hydrogen (secondary N) is 1. The lowest BCUT2D eigenvalue weighted by Crippen LogP contribution is -2.54. The van der Waals surface area contributed by atoms with Gasteiger partial charge in [-0.25, -0.2) is 5.43 Å². The molecule has 1 aromatic rings. The van der Waals surface area contributed by atoms with Gasteiger partial charge in [0.1, 0.15) is 0 Å². The predicted octanol–water partition coefficient (Wildman–Crippen LogP) is 5.48. The van der Waals surface area contributed by atoms with Crippen molar-refractivity contribution in [1.29, 1.82) is 0 Å². The Kier molecular flexibility index (Phi) is 5.28. The number of carbonyl (C=O) groups is 1. The van der Waals surface area contributed by atoms with Crippen molar-refractivity contribution < 1.29 is 9.90 Å². The van der Waals surface area contributed by atoms with Crippen molar-refractivity contribution in [3.63, 3.8) is 0 Å². The molecule has 1 aromatic carbocycles. The predicted molar refractivity (Wildman–Crippen MR) is 124 cm³/mol. The first kappa shape index (κ1) is 21.2. The Morgan fingerprint density at radius 3 is 2.58 bits per heavy atom. The standard InChI is InChI=1S/C27H38N2O2/c1-17-4-6-18(7-5-17)25(31)29-28-24-11-10-22-21-9-8-19-16-20(30)12-14-26(19,2)23(21)13-15-27(22,24)3/h4-7,19-23,30H,8-16H2,1-3H3,(H,29,31)/b28-24-. The fraction of sp³-hybridized carbons (Fsp3) is 0.704. The number of carbonyl (C=O) groups excluding carboxylic acids is 1. The largest absolute Gasteiger partial charge is 0.393 e. The van der Waals surface area contributed by atoms with Crippen LogP contribution in [-0.4, -0.2) is 22.8 Å². The fourth-order valence-corrected chi connectivity index (χ4v) is 8.10. The van der Waals surface area contributed by atoms with Gasteiger partial charge < -0.3 is 5.11 Å². The second-order valence-corrected chi connectivity index (χ2v) is 11.4. The Labute approximate surface area is 186 Å². The van der Waals surface area contributed by atoms with E-state index in [2.05, 4.69) is 19.3 Å². The molecule has 0 bridgehead atoms. The number of aliphatic hydroxyl groups is 1. The van der Waals surface area contributed by atoms with Gasteiger partial charge in [0.2, 0.25) is 0 Å². The normalized spacial score (nSPS) is 43.1. The molecule has 168 valence electrons. The molecule has 0 aliphatic heterocycles. The summed E-state index contributed by atoms with van der Waals surface area (Å²) >= 11 is 0. The molecule has 4 heteroatoms. The van der Waals surface area contributed by atoms with E-state index in [-0.39, 0.29) is 17.4 Å². The summed E-state index contributed by atoms with van der Waals surface area (Å²) in [5.74, 6) is 2.84. The molecule has 4 fully saturated rings. The van der Waals surface area contributed by atoms with E-state index < -0.39 is 0 Å². The van der Waals surface area contributed by atoms with E-state index in [1.807, 2.05) is 31.2 Å². The third kappa shape index (κ3) is 3.46. The number of rotatable bonds is 2. The molecule has 5 rings (SSSR count). The van der Waals surface area contributed by atoms with Crippen molar-refractivity contribution in [2.45, 2.75) is 84.7 Å². The number of fused-ring (bicyclic) bond motifs is 5. The first-order valence-corrected chi connectivity index (χ1v) is 12.4. The van der Waals surface area contributed by atoms with Crippen molar-refractivity contribution >= 4 is 11.6 Å². The van der Waals surface area contributed by atoms with E-state index in [0.29, 0.717) is 22.8 Å². The molecular formula is C27H38N2O2. The zero-order chi connectivity index (χ0) is 21.8. The van der Waals surface area contributed by atoms with E-state index in [0.717, 1.165) is 36.7 Å². The summed E-state index contributed by atoms with van der Waals surface area (Å²) in [6.07, 6.45) is 10.4. The topological polar surface area (TPSA) is 61.7 Å². The molecule has 4 aliphatic carbocycles. The highest BCUT2D eigenvalue weighted by atomic mass is 16.3. The number of aryl methyl sites for hydroxylation is 1. The second kappa shape index (κ2) is 7.72. The van der Waals surface area contributed by atoms with Crippen molar-refractivity contribution in [3.8, 4) is 0 Å². The lowest BCUT2D eigenvalue weighted by molar-refractivity contribution is -0.113. The quantitative estimate of drug-likeness (QED) is 0.620. The maximum absolute atomic E-state index is 12.6. The number of benzene rings is 1. The summed E-state index contributed by atoms with van der Waals surface area (Å²) in [5.41, 5.74) is 6.44. The maximum atomic E-state index is 12.6. The SMILES string of the molecule is Cc1ccc(C(=O)N/N=C2/CCC3C4CCC5CC(O)CCC5(C)C4CCC23C)cc1. The van der Waals surface area contributed by atoms with Crippen LogP contribution < -0.4 is 5.43 Å². The molecule has 1 amide bonds. The maximum Gasteiger partial charge on any atom is 0.271 e. The molecule has 4 saturated carbocycles. The minimum atomic E-state index is -0.109. The Bertz CT molecular complexity index is 878. The molecule has 7 unspecified atom stereocenters. The molecule has 4 nitrogen and oxygen atoms in total. The first-order valence-electron chi connectivity index (χ1n) is 12.4. The molecule has 31 heavy (non-hydrogen) atoms. The zero-order valence-electron chi connectivity index (χ0n) is 19.4. The lowest BCUT2D eigenvalue weighted by atomic mass is 9.45. The van der Waals surface area contributed by atoms with Gasteiger partial charge in [0, 0.05) is 16.7 Å². The van der Waals surface area contributed by atoms with E-state index in [4.69, 9.17) is 5.10 Å². The van der Waals surface area contributed by atoms with Crippen LogP contribution in [0.25, 0.3) is 0 Å². The molecule has 0 radical (unpaired) electrons. The highest BCUT2D eigenvalue weighted by molar-refractivity contribution is 5.97. The Morgan fingerprint density at radius 1 is 1.03 bits per heavy atom. The molecule has 0 saturated heterocycles. The Morgan fingerprint density at radius 2 is 1.81 bits per heavy atom. The Hall–Kier alpha value is -1.68. The highest BCUT2D eigenvalue weighted by Gasteiger charge is 2.59. The average molecular weight is 423 g/mol. The molecule has 0 aromatic heterocycles. The molecule has 2 N–H and O–H groups in total. The van der Waals surface area contributed by atoms with Crippen LogP contribution in [0.5, 0.6) is 0 Å². The van der Waals surface area contributed by atoms with Gasteiger partial charge in [-0.1, -0.05) is 31.5 Å². The average Bonchev–Trinajstić information content (AvgIpc) is 3.09. The molecule has 4 aliphatic rings. The summed E-state index contributed by atoms with van der Waals surface area (Å²) in [5, 5.41) is 14.9. The van der Waals surface area contributed by atoms with Gasteiger partial charge in [0.15, 0.2) is 0 Å². The van der Waals surface area contributed by atoms with Crippen LogP contribution >= 0.6 is 0 Å². The minimum Gasteiger partial charge on any atom is -0.393 e. The number of hydrogen-bond acceptors (Lipinski definition) is 3. The third-order valence-corrected chi connectivity index (χ3v) is 9.99. The summed E-state index contributed by atoms with van der Waals surface area (Å²) in [4.78, 5) is 12.6. The number of amides is 1. The smallest absolute Gasteiger partial charge is 0.271 e. The molecule has 0 spiro atoms. The molecule has 0 heterocycles. The fourth-order valence-electron chi connectivity index (χ4n) is 8.10. The van der Waals surface area contributed by atoms with Crippen LogP contribution in [0.2, 0.25) is 0 Å². The summed E-state index contributed by atoms with van der Waals surface area (Å²) < 4.78 is 0. The van der Waals surface area contributed by atoms with Crippen LogP contribution in [0.3, 0.4) is 0 Å².